The molecule has 0 fully saturated rings. The average molecular weight is 267 g/mol. The molecular weight excluding hydrogens is 253 g/mol. The van der Waals surface area contributed by atoms with E-state index in [-0.39, 0.29) is 5.75 Å². The number of ether oxygens (including phenoxy) is 1. The molecule has 1 aromatic carbocycles. The molecular formula is C12H14ClF3O. The molecule has 0 aliphatic carbocycles. The Morgan fingerprint density at radius 2 is 1.82 bits per heavy atom. The molecule has 0 saturated heterocycles. The van der Waals surface area contributed by atoms with Gasteiger partial charge < -0.3 is 4.74 Å². The van der Waals surface area contributed by atoms with Crippen LogP contribution in [0.25, 0.3) is 0 Å². The predicted molar refractivity (Wildman–Crippen MR) is 61.5 cm³/mol. The molecule has 0 atom stereocenters. The van der Waals surface area contributed by atoms with Gasteiger partial charge in [0.05, 0.1) is 0 Å². The SMILES string of the molecule is CCc1cc(CCCCl)cc(OC(F)(F)F)c1. The summed E-state index contributed by atoms with van der Waals surface area (Å²) in [6, 6.07) is 4.71. The number of alkyl halides is 4. The monoisotopic (exact) mass is 266 g/mol. The van der Waals surface area contributed by atoms with Crippen molar-refractivity contribution in [3.05, 3.63) is 29.3 Å². The lowest BCUT2D eigenvalue weighted by atomic mass is 10.0. The molecule has 0 N–H and O–H groups in total. The van der Waals surface area contributed by atoms with Gasteiger partial charge in [-0.1, -0.05) is 13.0 Å². The molecule has 0 aliphatic heterocycles. The molecule has 1 nitrogen and oxygen atoms in total. The Morgan fingerprint density at radius 3 is 2.35 bits per heavy atom. The van der Waals surface area contributed by atoms with Gasteiger partial charge in [0.15, 0.2) is 0 Å². The zero-order valence-electron chi connectivity index (χ0n) is 9.48. The number of hydrogen-bond donors (Lipinski definition) is 0. The summed E-state index contributed by atoms with van der Waals surface area (Å²) in [6.07, 6.45) is -2.58. The highest BCUT2D eigenvalue weighted by Gasteiger charge is 2.31. The minimum atomic E-state index is -4.64. The molecule has 1 rings (SSSR count). The van der Waals surface area contributed by atoms with Crippen molar-refractivity contribution in [3.63, 3.8) is 0 Å². The van der Waals surface area contributed by atoms with E-state index in [4.69, 9.17) is 11.6 Å². The van der Waals surface area contributed by atoms with Gasteiger partial charge in [-0.2, -0.15) is 0 Å². The molecule has 0 unspecified atom stereocenters. The molecule has 5 heteroatoms. The maximum atomic E-state index is 12.1. The van der Waals surface area contributed by atoms with Crippen LogP contribution in [0.3, 0.4) is 0 Å². The average Bonchev–Trinajstić information content (AvgIpc) is 2.23. The molecule has 0 saturated carbocycles. The Labute approximate surface area is 104 Å². The summed E-state index contributed by atoms with van der Waals surface area (Å²) in [4.78, 5) is 0. The third-order valence-corrected chi connectivity index (χ3v) is 2.53. The molecule has 1 aromatic rings. The standard InChI is InChI=1S/C12H14ClF3O/c1-2-9-6-10(4-3-5-13)8-11(7-9)17-12(14,15)16/h6-8H,2-5H2,1H3. The lowest BCUT2D eigenvalue weighted by Gasteiger charge is -2.12. The topological polar surface area (TPSA) is 9.23 Å². The minimum absolute atomic E-state index is 0.151. The molecule has 0 radical (unpaired) electrons. The van der Waals surface area contributed by atoms with Crippen LogP contribution >= 0.6 is 11.6 Å². The molecule has 0 bridgehead atoms. The Balaban J connectivity index is 2.88. The maximum absolute atomic E-state index is 12.1. The first-order valence-corrected chi connectivity index (χ1v) is 5.92. The fraction of sp³-hybridized carbons (Fsp3) is 0.500. The second kappa shape index (κ2) is 6.15. The fourth-order valence-electron chi connectivity index (χ4n) is 1.54. The number of halogens is 4. The van der Waals surface area contributed by atoms with Gasteiger partial charge in [-0.05, 0) is 42.5 Å². The lowest BCUT2D eigenvalue weighted by Crippen LogP contribution is -2.17. The number of aryl methyl sites for hydroxylation is 2. The highest BCUT2D eigenvalue weighted by atomic mass is 35.5. The van der Waals surface area contributed by atoms with E-state index in [1.807, 2.05) is 13.0 Å². The molecule has 0 aliphatic rings. The van der Waals surface area contributed by atoms with E-state index in [1.165, 1.54) is 12.1 Å². The Kier molecular flexibility index (Phi) is 5.12. The van der Waals surface area contributed by atoms with Crippen molar-refractivity contribution >= 4 is 11.6 Å². The zero-order chi connectivity index (χ0) is 12.9. The number of benzene rings is 1. The summed E-state index contributed by atoms with van der Waals surface area (Å²) in [6.45, 7) is 1.89. The summed E-state index contributed by atoms with van der Waals surface area (Å²) in [5.74, 6) is 0.340. The highest BCUT2D eigenvalue weighted by Crippen LogP contribution is 2.25. The van der Waals surface area contributed by atoms with Crippen LogP contribution in [0.5, 0.6) is 5.75 Å². The van der Waals surface area contributed by atoms with Crippen LogP contribution in [0.2, 0.25) is 0 Å². The van der Waals surface area contributed by atoms with Crippen molar-refractivity contribution in [2.45, 2.75) is 32.5 Å². The Hall–Kier alpha value is -0.900. The normalized spacial score (nSPS) is 11.6. The predicted octanol–water partition coefficient (Wildman–Crippen LogP) is 4.32. The van der Waals surface area contributed by atoms with E-state index in [2.05, 4.69) is 4.74 Å². The van der Waals surface area contributed by atoms with E-state index in [0.29, 0.717) is 18.7 Å². The van der Waals surface area contributed by atoms with Crippen LogP contribution in [0.15, 0.2) is 18.2 Å². The first-order chi connectivity index (χ1) is 7.94. The van der Waals surface area contributed by atoms with E-state index in [0.717, 1.165) is 17.5 Å². The van der Waals surface area contributed by atoms with Crippen molar-refractivity contribution in [3.8, 4) is 5.75 Å². The van der Waals surface area contributed by atoms with Crippen LogP contribution < -0.4 is 4.74 Å². The molecule has 0 aromatic heterocycles. The van der Waals surface area contributed by atoms with Gasteiger partial charge in [0.2, 0.25) is 0 Å². The Bertz CT molecular complexity index is 363. The quantitative estimate of drug-likeness (QED) is 0.721. The summed E-state index contributed by atoms with van der Waals surface area (Å²) >= 11 is 5.56. The van der Waals surface area contributed by atoms with Gasteiger partial charge >= 0.3 is 6.36 Å². The van der Waals surface area contributed by atoms with Crippen LogP contribution in [0.4, 0.5) is 13.2 Å². The summed E-state index contributed by atoms with van der Waals surface area (Å²) in [5.41, 5.74) is 1.65. The van der Waals surface area contributed by atoms with Crippen LogP contribution in [0, 0.1) is 0 Å². The van der Waals surface area contributed by atoms with E-state index >= 15 is 0 Å². The van der Waals surface area contributed by atoms with E-state index in [1.54, 1.807) is 0 Å². The van der Waals surface area contributed by atoms with Crippen molar-refractivity contribution in [1.82, 2.24) is 0 Å². The largest absolute Gasteiger partial charge is 0.573 e. The molecule has 17 heavy (non-hydrogen) atoms. The van der Waals surface area contributed by atoms with Crippen molar-refractivity contribution in [2.24, 2.45) is 0 Å². The smallest absolute Gasteiger partial charge is 0.406 e. The highest BCUT2D eigenvalue weighted by molar-refractivity contribution is 6.17. The van der Waals surface area contributed by atoms with Gasteiger partial charge in [-0.25, -0.2) is 0 Å². The second-order valence-electron chi connectivity index (χ2n) is 3.68. The summed E-state index contributed by atoms with van der Waals surface area (Å²) < 4.78 is 40.3. The van der Waals surface area contributed by atoms with Crippen LogP contribution in [0.1, 0.15) is 24.5 Å². The van der Waals surface area contributed by atoms with Crippen LogP contribution in [-0.2, 0) is 12.8 Å². The summed E-state index contributed by atoms with van der Waals surface area (Å²) in [7, 11) is 0. The van der Waals surface area contributed by atoms with Gasteiger partial charge in [-0.3, -0.25) is 0 Å². The summed E-state index contributed by atoms with van der Waals surface area (Å²) in [5, 5.41) is 0. The van der Waals surface area contributed by atoms with Gasteiger partial charge in [0.25, 0.3) is 0 Å². The van der Waals surface area contributed by atoms with E-state index < -0.39 is 6.36 Å². The number of hydrogen-bond acceptors (Lipinski definition) is 1. The molecule has 0 heterocycles. The van der Waals surface area contributed by atoms with Crippen molar-refractivity contribution in [2.75, 3.05) is 5.88 Å². The maximum Gasteiger partial charge on any atom is 0.573 e. The third kappa shape index (κ3) is 5.31. The van der Waals surface area contributed by atoms with E-state index in [9.17, 15) is 13.2 Å². The first-order valence-electron chi connectivity index (χ1n) is 5.39. The number of rotatable bonds is 5. The van der Waals surface area contributed by atoms with Crippen molar-refractivity contribution < 1.29 is 17.9 Å². The van der Waals surface area contributed by atoms with Crippen LogP contribution in [-0.4, -0.2) is 12.2 Å². The second-order valence-corrected chi connectivity index (χ2v) is 4.06. The molecule has 0 amide bonds. The lowest BCUT2D eigenvalue weighted by molar-refractivity contribution is -0.274. The fourth-order valence-corrected chi connectivity index (χ4v) is 1.67. The van der Waals surface area contributed by atoms with Crippen molar-refractivity contribution in [1.29, 1.82) is 0 Å². The molecule has 96 valence electrons. The Morgan fingerprint density at radius 1 is 1.18 bits per heavy atom. The van der Waals surface area contributed by atoms with Gasteiger partial charge in [-0.15, -0.1) is 24.8 Å². The van der Waals surface area contributed by atoms with Gasteiger partial charge in [0.1, 0.15) is 5.75 Å². The zero-order valence-corrected chi connectivity index (χ0v) is 10.2. The third-order valence-electron chi connectivity index (χ3n) is 2.27. The molecule has 0 spiro atoms. The minimum Gasteiger partial charge on any atom is -0.406 e. The van der Waals surface area contributed by atoms with Gasteiger partial charge in [0, 0.05) is 5.88 Å². The first kappa shape index (κ1) is 14.2.